The number of rotatable bonds is 7. The molecule has 0 saturated carbocycles. The van der Waals surface area contributed by atoms with Gasteiger partial charge in [0.15, 0.2) is 11.5 Å². The molecule has 0 spiro atoms. The molecule has 1 amide bonds. The second-order valence-corrected chi connectivity index (χ2v) is 5.05. The lowest BCUT2D eigenvalue weighted by atomic mass is 10.1. The van der Waals surface area contributed by atoms with Crippen molar-refractivity contribution in [3.05, 3.63) is 23.8 Å². The lowest BCUT2D eigenvalue weighted by molar-refractivity contribution is -0.127. The SMILES string of the molecule is COc1ccc(CCN(C)C(=O)CSC)cc1OC. The molecule has 0 aliphatic rings. The number of amides is 1. The first-order valence-corrected chi connectivity index (χ1v) is 7.45. The average molecular weight is 283 g/mol. The molecule has 0 heterocycles. The summed E-state index contributed by atoms with van der Waals surface area (Å²) < 4.78 is 10.5. The number of carbonyl (C=O) groups is 1. The summed E-state index contributed by atoms with van der Waals surface area (Å²) >= 11 is 1.54. The fourth-order valence-corrected chi connectivity index (χ4v) is 2.16. The number of nitrogens with zero attached hydrogens (tertiary/aromatic N) is 1. The Kier molecular flexibility index (Phi) is 6.56. The van der Waals surface area contributed by atoms with Crippen LogP contribution in [0.15, 0.2) is 18.2 Å². The third-order valence-electron chi connectivity index (χ3n) is 2.88. The maximum atomic E-state index is 11.6. The van der Waals surface area contributed by atoms with Gasteiger partial charge >= 0.3 is 0 Å². The van der Waals surface area contributed by atoms with E-state index in [1.807, 2.05) is 31.5 Å². The molecule has 0 fully saturated rings. The van der Waals surface area contributed by atoms with Crippen molar-refractivity contribution in [3.63, 3.8) is 0 Å². The van der Waals surface area contributed by atoms with Crippen LogP contribution in [0.3, 0.4) is 0 Å². The second kappa shape index (κ2) is 7.94. The Labute approximate surface area is 119 Å². The second-order valence-electron chi connectivity index (χ2n) is 4.19. The van der Waals surface area contributed by atoms with Crippen molar-refractivity contribution in [2.24, 2.45) is 0 Å². The Morgan fingerprint density at radius 2 is 1.95 bits per heavy atom. The predicted molar refractivity (Wildman–Crippen MR) is 79.3 cm³/mol. The molecule has 1 aromatic carbocycles. The van der Waals surface area contributed by atoms with E-state index in [1.165, 1.54) is 0 Å². The third-order valence-corrected chi connectivity index (χ3v) is 3.41. The average Bonchev–Trinajstić information content (AvgIpc) is 2.44. The van der Waals surface area contributed by atoms with Crippen molar-refractivity contribution in [2.45, 2.75) is 6.42 Å². The van der Waals surface area contributed by atoms with Gasteiger partial charge in [-0.2, -0.15) is 11.8 Å². The molecular weight excluding hydrogens is 262 g/mol. The molecule has 4 nitrogen and oxygen atoms in total. The summed E-state index contributed by atoms with van der Waals surface area (Å²) in [4.78, 5) is 13.4. The molecule has 0 aliphatic heterocycles. The van der Waals surface area contributed by atoms with Crippen LogP contribution < -0.4 is 9.47 Å². The van der Waals surface area contributed by atoms with Gasteiger partial charge in [0, 0.05) is 13.6 Å². The smallest absolute Gasteiger partial charge is 0.232 e. The minimum Gasteiger partial charge on any atom is -0.493 e. The van der Waals surface area contributed by atoms with Crippen LogP contribution in [0.1, 0.15) is 5.56 Å². The van der Waals surface area contributed by atoms with Crippen molar-refractivity contribution in [1.29, 1.82) is 0 Å². The number of likely N-dealkylation sites (N-methyl/N-ethyl adjacent to an activating group) is 1. The first-order valence-electron chi connectivity index (χ1n) is 6.06. The molecule has 0 saturated heterocycles. The van der Waals surface area contributed by atoms with Gasteiger partial charge in [-0.3, -0.25) is 4.79 Å². The van der Waals surface area contributed by atoms with Crippen molar-refractivity contribution in [2.75, 3.05) is 39.8 Å². The van der Waals surface area contributed by atoms with Crippen LogP contribution >= 0.6 is 11.8 Å². The molecule has 0 bridgehead atoms. The Balaban J connectivity index is 2.60. The van der Waals surface area contributed by atoms with E-state index >= 15 is 0 Å². The van der Waals surface area contributed by atoms with Gasteiger partial charge in [-0.05, 0) is 30.4 Å². The molecule has 0 aromatic heterocycles. The van der Waals surface area contributed by atoms with Crippen LogP contribution in [0.5, 0.6) is 11.5 Å². The minimum absolute atomic E-state index is 0.160. The molecule has 0 aliphatic carbocycles. The van der Waals surface area contributed by atoms with Crippen molar-refractivity contribution >= 4 is 17.7 Å². The largest absolute Gasteiger partial charge is 0.493 e. The Bertz CT molecular complexity index is 423. The van der Waals surface area contributed by atoms with Gasteiger partial charge in [-0.1, -0.05) is 6.07 Å². The third kappa shape index (κ3) is 4.67. The monoisotopic (exact) mass is 283 g/mol. The lowest BCUT2D eigenvalue weighted by Gasteiger charge is -2.17. The summed E-state index contributed by atoms with van der Waals surface area (Å²) in [5.41, 5.74) is 1.13. The highest BCUT2D eigenvalue weighted by Gasteiger charge is 2.09. The molecular formula is C14H21NO3S. The lowest BCUT2D eigenvalue weighted by Crippen LogP contribution is -2.30. The molecule has 5 heteroatoms. The maximum Gasteiger partial charge on any atom is 0.232 e. The normalized spacial score (nSPS) is 10.1. The summed E-state index contributed by atoms with van der Waals surface area (Å²) in [5.74, 6) is 2.13. The Hall–Kier alpha value is -1.36. The quantitative estimate of drug-likeness (QED) is 0.768. The fourth-order valence-electron chi connectivity index (χ4n) is 1.69. The molecule has 0 unspecified atom stereocenters. The zero-order chi connectivity index (χ0) is 14.3. The van der Waals surface area contributed by atoms with Gasteiger partial charge in [0.05, 0.1) is 20.0 Å². The highest BCUT2D eigenvalue weighted by molar-refractivity contribution is 7.99. The summed E-state index contributed by atoms with van der Waals surface area (Å²) in [5, 5.41) is 0. The van der Waals surface area contributed by atoms with E-state index in [0.29, 0.717) is 12.3 Å². The molecule has 0 N–H and O–H groups in total. The molecule has 19 heavy (non-hydrogen) atoms. The highest BCUT2D eigenvalue weighted by Crippen LogP contribution is 2.27. The summed E-state index contributed by atoms with van der Waals surface area (Å²) in [7, 11) is 5.07. The number of methoxy groups -OCH3 is 2. The van der Waals surface area contributed by atoms with Crippen LogP contribution in [-0.2, 0) is 11.2 Å². The topological polar surface area (TPSA) is 38.8 Å². The summed E-state index contributed by atoms with van der Waals surface area (Å²) in [6.45, 7) is 0.703. The molecule has 0 atom stereocenters. The van der Waals surface area contributed by atoms with Crippen molar-refractivity contribution < 1.29 is 14.3 Å². The molecule has 0 radical (unpaired) electrons. The van der Waals surface area contributed by atoms with E-state index in [2.05, 4.69) is 0 Å². The fraction of sp³-hybridized carbons (Fsp3) is 0.500. The number of benzene rings is 1. The van der Waals surface area contributed by atoms with Gasteiger partial charge < -0.3 is 14.4 Å². The summed E-state index contributed by atoms with van der Waals surface area (Å²) in [6, 6.07) is 5.83. The van der Waals surface area contributed by atoms with Gasteiger partial charge in [0.2, 0.25) is 5.91 Å². The number of ether oxygens (including phenoxy) is 2. The zero-order valence-corrected chi connectivity index (χ0v) is 12.8. The van der Waals surface area contributed by atoms with E-state index in [-0.39, 0.29) is 5.91 Å². The van der Waals surface area contributed by atoms with Crippen molar-refractivity contribution in [1.82, 2.24) is 4.90 Å². The van der Waals surface area contributed by atoms with E-state index in [4.69, 9.17) is 9.47 Å². The van der Waals surface area contributed by atoms with Crippen LogP contribution in [-0.4, -0.2) is 50.6 Å². The first-order chi connectivity index (χ1) is 9.12. The number of hydrogen-bond donors (Lipinski definition) is 0. The Morgan fingerprint density at radius 1 is 1.26 bits per heavy atom. The van der Waals surface area contributed by atoms with Gasteiger partial charge in [0.1, 0.15) is 0 Å². The van der Waals surface area contributed by atoms with E-state index in [9.17, 15) is 4.79 Å². The first kappa shape index (κ1) is 15.7. The Morgan fingerprint density at radius 3 is 2.53 bits per heavy atom. The maximum absolute atomic E-state index is 11.6. The summed E-state index contributed by atoms with van der Waals surface area (Å²) in [6.07, 6.45) is 2.73. The molecule has 1 rings (SSSR count). The number of hydrogen-bond acceptors (Lipinski definition) is 4. The standard InChI is InChI=1S/C14H21NO3S/c1-15(14(16)10-19-4)8-7-11-5-6-12(17-2)13(9-11)18-3/h5-6,9H,7-8,10H2,1-4H3. The number of thioether (sulfide) groups is 1. The zero-order valence-electron chi connectivity index (χ0n) is 11.9. The van der Waals surface area contributed by atoms with Crippen LogP contribution in [0.4, 0.5) is 0 Å². The van der Waals surface area contributed by atoms with Gasteiger partial charge in [-0.25, -0.2) is 0 Å². The molecule has 1 aromatic rings. The highest BCUT2D eigenvalue weighted by atomic mass is 32.2. The van der Waals surface area contributed by atoms with Crippen LogP contribution in [0.25, 0.3) is 0 Å². The minimum atomic E-state index is 0.160. The van der Waals surface area contributed by atoms with Gasteiger partial charge in [-0.15, -0.1) is 0 Å². The van der Waals surface area contributed by atoms with Crippen molar-refractivity contribution in [3.8, 4) is 11.5 Å². The van der Waals surface area contributed by atoms with E-state index < -0.39 is 0 Å². The van der Waals surface area contributed by atoms with E-state index in [1.54, 1.807) is 30.9 Å². The van der Waals surface area contributed by atoms with Gasteiger partial charge in [0.25, 0.3) is 0 Å². The molecule has 106 valence electrons. The predicted octanol–water partition coefficient (Wildman–Crippen LogP) is 2.07. The van der Waals surface area contributed by atoms with E-state index in [0.717, 1.165) is 23.5 Å². The van der Waals surface area contributed by atoms with Crippen LogP contribution in [0, 0.1) is 0 Å². The number of carbonyl (C=O) groups excluding carboxylic acids is 1. The van der Waals surface area contributed by atoms with Crippen LogP contribution in [0.2, 0.25) is 0 Å².